The number of anilines is 1. The molecule has 0 N–H and O–H groups in total. The number of halogens is 1. The maximum absolute atomic E-state index is 13.3. The van der Waals surface area contributed by atoms with Gasteiger partial charge in [-0.2, -0.15) is 0 Å². The van der Waals surface area contributed by atoms with Crippen molar-refractivity contribution in [1.29, 1.82) is 0 Å². The predicted molar refractivity (Wildman–Crippen MR) is 137 cm³/mol. The van der Waals surface area contributed by atoms with E-state index in [1.807, 2.05) is 25.1 Å². The van der Waals surface area contributed by atoms with Gasteiger partial charge in [0.25, 0.3) is 0 Å². The van der Waals surface area contributed by atoms with Gasteiger partial charge in [0.1, 0.15) is 17.0 Å². The van der Waals surface area contributed by atoms with Crippen LogP contribution < -0.4 is 9.64 Å². The minimum Gasteiger partial charge on any atom is -0.492 e. The third-order valence-corrected chi connectivity index (χ3v) is 7.81. The van der Waals surface area contributed by atoms with Crippen molar-refractivity contribution in [1.82, 2.24) is 9.88 Å². The number of rotatable bonds is 11. The van der Waals surface area contributed by atoms with E-state index in [0.29, 0.717) is 36.1 Å². The summed E-state index contributed by atoms with van der Waals surface area (Å²) in [5, 5.41) is 0.479. The maximum Gasteiger partial charge on any atom is 0.244 e. The second kappa shape index (κ2) is 12.3. The quantitative estimate of drug-likeness (QED) is 0.382. The topological polar surface area (TPSA) is 79.8 Å². The van der Waals surface area contributed by atoms with Crippen LogP contribution in [-0.2, 0) is 14.6 Å². The summed E-state index contributed by atoms with van der Waals surface area (Å²) in [6.45, 7) is 9.19. The van der Waals surface area contributed by atoms with Crippen molar-refractivity contribution in [3.63, 3.8) is 0 Å². The molecular weight excluding hydrogens is 482 g/mol. The van der Waals surface area contributed by atoms with Gasteiger partial charge >= 0.3 is 0 Å². The summed E-state index contributed by atoms with van der Waals surface area (Å²) in [5.41, 5.74) is 0.681. The standard InChI is InChI=1S/C23H29N3O4S2.ClH/c1-4-25(5-2)15-16-26(21(27)17-32(28,29)18-11-8-7-9-12-18)23-24-22-19(30-6-3)13-10-14-20(22)31-23;/h7-14H,4-6,15-17H2,1-3H3;1H. The molecular formula is C23H30ClN3O4S2. The van der Waals surface area contributed by atoms with Crippen LogP contribution in [0.1, 0.15) is 20.8 Å². The van der Waals surface area contributed by atoms with Crippen LogP contribution in [0.25, 0.3) is 10.2 Å². The maximum atomic E-state index is 13.3. The molecule has 0 aliphatic heterocycles. The van der Waals surface area contributed by atoms with E-state index in [0.717, 1.165) is 17.8 Å². The van der Waals surface area contributed by atoms with Crippen molar-refractivity contribution >= 4 is 54.8 Å². The van der Waals surface area contributed by atoms with Gasteiger partial charge in [-0.15, -0.1) is 12.4 Å². The number of carbonyl (C=O) groups is 1. The monoisotopic (exact) mass is 511 g/mol. The lowest BCUT2D eigenvalue weighted by atomic mass is 10.3. The van der Waals surface area contributed by atoms with Crippen LogP contribution in [0.4, 0.5) is 5.13 Å². The SMILES string of the molecule is CCOc1cccc2sc(N(CCN(CC)CC)C(=O)CS(=O)(=O)c3ccccc3)nc12.Cl. The molecule has 0 saturated carbocycles. The Balaban J connectivity index is 0.00000385. The van der Waals surface area contributed by atoms with Crippen LogP contribution in [0.5, 0.6) is 5.75 Å². The highest BCUT2D eigenvalue weighted by atomic mass is 35.5. The number of hydrogen-bond donors (Lipinski definition) is 0. The number of para-hydroxylation sites is 1. The highest BCUT2D eigenvalue weighted by Gasteiger charge is 2.27. The zero-order valence-corrected chi connectivity index (χ0v) is 21.5. The van der Waals surface area contributed by atoms with Crippen LogP contribution in [0, 0.1) is 0 Å². The molecule has 1 aromatic heterocycles. The van der Waals surface area contributed by atoms with E-state index in [2.05, 4.69) is 23.7 Å². The molecule has 0 unspecified atom stereocenters. The lowest BCUT2D eigenvalue weighted by Crippen LogP contribution is -2.41. The molecule has 1 heterocycles. The average molecular weight is 512 g/mol. The largest absolute Gasteiger partial charge is 0.492 e. The molecule has 0 aliphatic carbocycles. The first-order valence-corrected chi connectivity index (χ1v) is 13.2. The van der Waals surface area contributed by atoms with Crippen molar-refractivity contribution < 1.29 is 17.9 Å². The highest BCUT2D eigenvalue weighted by molar-refractivity contribution is 7.92. The highest BCUT2D eigenvalue weighted by Crippen LogP contribution is 2.34. The smallest absolute Gasteiger partial charge is 0.244 e. The average Bonchev–Trinajstić information content (AvgIpc) is 3.22. The second-order valence-electron chi connectivity index (χ2n) is 7.18. The molecule has 0 atom stereocenters. The van der Waals surface area contributed by atoms with Crippen molar-refractivity contribution in [3.8, 4) is 5.75 Å². The summed E-state index contributed by atoms with van der Waals surface area (Å²) >= 11 is 1.36. The Hall–Kier alpha value is -2.20. The Bertz CT molecular complexity index is 1150. The molecule has 0 spiro atoms. The minimum atomic E-state index is -3.76. The van der Waals surface area contributed by atoms with E-state index in [4.69, 9.17) is 4.74 Å². The predicted octanol–water partition coefficient (Wildman–Crippen LogP) is 4.27. The van der Waals surface area contributed by atoms with Crippen LogP contribution in [0.3, 0.4) is 0 Å². The number of hydrogen-bond acceptors (Lipinski definition) is 7. The molecule has 0 aliphatic rings. The zero-order chi connectivity index (χ0) is 23.1. The molecule has 2 aromatic carbocycles. The summed E-state index contributed by atoms with van der Waals surface area (Å²) in [6, 6.07) is 13.7. The van der Waals surface area contributed by atoms with Crippen LogP contribution in [-0.4, -0.2) is 62.7 Å². The van der Waals surface area contributed by atoms with E-state index in [1.54, 1.807) is 18.2 Å². The number of aromatic nitrogens is 1. The molecule has 33 heavy (non-hydrogen) atoms. The first-order chi connectivity index (χ1) is 15.4. The number of likely N-dealkylation sites (N-methyl/N-ethyl adjacent to an activating group) is 1. The molecule has 3 rings (SSSR count). The number of ether oxygens (including phenoxy) is 1. The van der Waals surface area contributed by atoms with Gasteiger partial charge in [0.2, 0.25) is 5.91 Å². The molecule has 180 valence electrons. The lowest BCUT2D eigenvalue weighted by molar-refractivity contribution is -0.116. The van der Waals surface area contributed by atoms with Crippen LogP contribution in [0.2, 0.25) is 0 Å². The fraction of sp³-hybridized carbons (Fsp3) is 0.391. The lowest BCUT2D eigenvalue weighted by Gasteiger charge is -2.24. The van der Waals surface area contributed by atoms with Crippen molar-refractivity contribution in [3.05, 3.63) is 48.5 Å². The Morgan fingerprint density at radius 3 is 2.33 bits per heavy atom. The van der Waals surface area contributed by atoms with Crippen molar-refractivity contribution in [2.24, 2.45) is 0 Å². The third-order valence-electron chi connectivity index (χ3n) is 5.15. The summed E-state index contributed by atoms with van der Waals surface area (Å²) in [5.74, 6) is -0.442. The third kappa shape index (κ3) is 6.66. The molecule has 0 radical (unpaired) electrons. The van der Waals surface area contributed by atoms with Gasteiger partial charge in [0.05, 0.1) is 16.2 Å². The Labute approximate surface area is 205 Å². The van der Waals surface area contributed by atoms with Gasteiger partial charge in [-0.25, -0.2) is 13.4 Å². The van der Waals surface area contributed by atoms with E-state index in [9.17, 15) is 13.2 Å². The number of sulfone groups is 1. The first-order valence-electron chi connectivity index (χ1n) is 10.7. The first kappa shape index (κ1) is 27.0. The number of fused-ring (bicyclic) bond motifs is 1. The Morgan fingerprint density at radius 2 is 1.70 bits per heavy atom. The fourth-order valence-electron chi connectivity index (χ4n) is 3.36. The minimum absolute atomic E-state index is 0. The van der Waals surface area contributed by atoms with E-state index < -0.39 is 21.5 Å². The number of thiazole rings is 1. The summed E-state index contributed by atoms with van der Waals surface area (Å²) < 4.78 is 32.3. The van der Waals surface area contributed by atoms with E-state index in [1.165, 1.54) is 28.4 Å². The summed E-state index contributed by atoms with van der Waals surface area (Å²) in [4.78, 5) is 21.8. The second-order valence-corrected chi connectivity index (χ2v) is 10.2. The molecule has 0 saturated heterocycles. The van der Waals surface area contributed by atoms with Gasteiger partial charge in [-0.3, -0.25) is 9.69 Å². The summed E-state index contributed by atoms with van der Waals surface area (Å²) in [7, 11) is -3.76. The molecule has 10 heteroatoms. The van der Waals surface area contributed by atoms with Gasteiger partial charge in [-0.1, -0.05) is 49.4 Å². The van der Waals surface area contributed by atoms with Gasteiger partial charge in [0, 0.05) is 13.1 Å². The molecule has 7 nitrogen and oxygen atoms in total. The normalized spacial score (nSPS) is 11.4. The number of nitrogens with zero attached hydrogens (tertiary/aromatic N) is 3. The summed E-state index contributed by atoms with van der Waals surface area (Å²) in [6.07, 6.45) is 0. The number of amides is 1. The fourth-order valence-corrected chi connectivity index (χ4v) is 5.60. The van der Waals surface area contributed by atoms with E-state index >= 15 is 0 Å². The number of benzene rings is 2. The molecule has 0 fully saturated rings. The van der Waals surface area contributed by atoms with Gasteiger partial charge in [-0.05, 0) is 44.3 Å². The molecule has 0 bridgehead atoms. The van der Waals surface area contributed by atoms with E-state index in [-0.39, 0.29) is 17.3 Å². The van der Waals surface area contributed by atoms with Crippen molar-refractivity contribution in [2.75, 3.05) is 43.4 Å². The number of carbonyl (C=O) groups excluding carboxylic acids is 1. The molecule has 1 amide bonds. The zero-order valence-electron chi connectivity index (χ0n) is 19.1. The van der Waals surface area contributed by atoms with Crippen LogP contribution in [0.15, 0.2) is 53.4 Å². The Kier molecular flexibility index (Phi) is 10.1. The van der Waals surface area contributed by atoms with Gasteiger partial charge in [0.15, 0.2) is 15.0 Å². The van der Waals surface area contributed by atoms with Crippen molar-refractivity contribution in [2.45, 2.75) is 25.7 Å². The van der Waals surface area contributed by atoms with Crippen LogP contribution >= 0.6 is 23.7 Å². The molecule has 3 aromatic rings. The van der Waals surface area contributed by atoms with Gasteiger partial charge < -0.3 is 9.64 Å². The Morgan fingerprint density at radius 1 is 1.00 bits per heavy atom.